The van der Waals surface area contributed by atoms with Crippen molar-refractivity contribution in [2.45, 2.75) is 0 Å². The van der Waals surface area contributed by atoms with Crippen LogP contribution < -0.4 is 16.4 Å². The van der Waals surface area contributed by atoms with E-state index >= 15 is 0 Å². The Morgan fingerprint density at radius 1 is 0.909 bits per heavy atom. The van der Waals surface area contributed by atoms with E-state index in [1.807, 2.05) is 0 Å². The molecule has 0 aliphatic carbocycles. The minimum absolute atomic E-state index is 1.48. The topological polar surface area (TPSA) is 84.0 Å². The Kier molecular flexibility index (Phi) is 5.83. The third-order valence-corrected chi connectivity index (χ3v) is 1.86. The van der Waals surface area contributed by atoms with Gasteiger partial charge >= 0.3 is 8.17 Å². The molecular formula is C3H13N3O4P+. The summed E-state index contributed by atoms with van der Waals surface area (Å²) < 4.78 is 13.7. The summed E-state index contributed by atoms with van der Waals surface area (Å²) in [6, 6.07) is 0. The SMILES string of the molecule is CNO[P+](O)(ONC)ONC. The summed E-state index contributed by atoms with van der Waals surface area (Å²) in [6.07, 6.45) is 0. The molecule has 0 unspecified atom stereocenters. The van der Waals surface area contributed by atoms with Crippen LogP contribution in [0, 0.1) is 0 Å². The van der Waals surface area contributed by atoms with Crippen LogP contribution in [0.4, 0.5) is 0 Å². The largest absolute Gasteiger partial charge is 0.627 e. The molecule has 8 heteroatoms. The first-order chi connectivity index (χ1) is 5.18. The van der Waals surface area contributed by atoms with E-state index in [1.54, 1.807) is 0 Å². The predicted octanol–water partition coefficient (Wildman–Crippen LogP) is -0.891. The summed E-state index contributed by atoms with van der Waals surface area (Å²) in [4.78, 5) is 9.27. The van der Waals surface area contributed by atoms with Crippen molar-refractivity contribution < 1.29 is 18.8 Å². The molecule has 0 amide bonds. The van der Waals surface area contributed by atoms with E-state index in [1.165, 1.54) is 21.1 Å². The summed E-state index contributed by atoms with van der Waals surface area (Å²) in [6.45, 7) is 0. The summed E-state index contributed by atoms with van der Waals surface area (Å²) >= 11 is 0. The van der Waals surface area contributed by atoms with Gasteiger partial charge in [0.15, 0.2) is 0 Å². The van der Waals surface area contributed by atoms with Crippen molar-refractivity contribution in [1.29, 1.82) is 0 Å². The molecule has 0 aliphatic heterocycles. The summed E-state index contributed by atoms with van der Waals surface area (Å²) in [7, 11) is 1.12. The quantitative estimate of drug-likeness (QED) is 0.316. The molecule has 0 fully saturated rings. The average Bonchev–Trinajstić information content (AvgIpc) is 1.88. The molecule has 0 atom stereocenters. The van der Waals surface area contributed by atoms with Crippen molar-refractivity contribution in [2.75, 3.05) is 21.1 Å². The molecule has 0 heterocycles. The maximum atomic E-state index is 9.27. The van der Waals surface area contributed by atoms with Crippen LogP contribution in [0.3, 0.4) is 0 Å². The predicted molar refractivity (Wildman–Crippen MR) is 39.6 cm³/mol. The molecule has 0 saturated carbocycles. The first-order valence-electron chi connectivity index (χ1n) is 2.86. The zero-order valence-corrected chi connectivity index (χ0v) is 7.51. The Labute approximate surface area is 65.5 Å². The minimum atomic E-state index is -3.30. The molecule has 0 aromatic carbocycles. The first kappa shape index (κ1) is 11.2. The Morgan fingerprint density at radius 3 is 1.36 bits per heavy atom. The van der Waals surface area contributed by atoms with Crippen molar-refractivity contribution in [3.63, 3.8) is 0 Å². The highest BCUT2D eigenvalue weighted by molar-refractivity contribution is 7.55. The van der Waals surface area contributed by atoms with Gasteiger partial charge in [-0.2, -0.15) is 21.3 Å². The molecule has 0 bridgehead atoms. The van der Waals surface area contributed by atoms with Crippen LogP contribution in [0.2, 0.25) is 0 Å². The van der Waals surface area contributed by atoms with Gasteiger partial charge in [-0.3, -0.25) is 0 Å². The van der Waals surface area contributed by atoms with Crippen LogP contribution in [0.15, 0.2) is 0 Å². The highest BCUT2D eigenvalue weighted by Gasteiger charge is 2.47. The number of hydrogen-bond donors (Lipinski definition) is 4. The molecule has 0 aromatic heterocycles. The number of hydroxylamine groups is 3. The van der Waals surface area contributed by atoms with Gasteiger partial charge in [0.2, 0.25) is 0 Å². The molecule has 0 aliphatic rings. The van der Waals surface area contributed by atoms with Crippen LogP contribution in [0.5, 0.6) is 0 Å². The van der Waals surface area contributed by atoms with Gasteiger partial charge in [0.05, 0.1) is 0 Å². The first-order valence-corrected chi connectivity index (χ1v) is 4.36. The van der Waals surface area contributed by atoms with E-state index < -0.39 is 8.17 Å². The fourth-order valence-electron chi connectivity index (χ4n) is 0.402. The van der Waals surface area contributed by atoms with Gasteiger partial charge in [0.1, 0.15) is 0 Å². The van der Waals surface area contributed by atoms with Crippen molar-refractivity contribution >= 4 is 8.17 Å². The van der Waals surface area contributed by atoms with E-state index in [-0.39, 0.29) is 0 Å². The summed E-state index contributed by atoms with van der Waals surface area (Å²) in [5, 5.41) is 0. The van der Waals surface area contributed by atoms with Crippen molar-refractivity contribution in [3.05, 3.63) is 0 Å². The van der Waals surface area contributed by atoms with Gasteiger partial charge in [0.25, 0.3) is 0 Å². The fourth-order valence-corrected chi connectivity index (χ4v) is 1.21. The fraction of sp³-hybridized carbons (Fsp3) is 1.00. The molecule has 7 nitrogen and oxygen atoms in total. The highest BCUT2D eigenvalue weighted by atomic mass is 31.2. The van der Waals surface area contributed by atoms with E-state index in [2.05, 4.69) is 30.3 Å². The highest BCUT2D eigenvalue weighted by Crippen LogP contribution is 2.54. The molecule has 11 heavy (non-hydrogen) atoms. The van der Waals surface area contributed by atoms with E-state index in [9.17, 15) is 4.89 Å². The maximum absolute atomic E-state index is 9.27. The number of nitrogens with one attached hydrogen (secondary N) is 3. The van der Waals surface area contributed by atoms with E-state index in [0.717, 1.165) is 0 Å². The average molecular weight is 186 g/mol. The molecule has 0 rings (SSSR count). The third-order valence-electron chi connectivity index (χ3n) is 0.620. The van der Waals surface area contributed by atoms with Gasteiger partial charge in [0, 0.05) is 21.1 Å². The maximum Gasteiger partial charge on any atom is 0.627 e. The zero-order chi connectivity index (χ0) is 8.74. The lowest BCUT2D eigenvalue weighted by Crippen LogP contribution is -2.22. The molecule has 4 N–H and O–H groups in total. The van der Waals surface area contributed by atoms with Gasteiger partial charge in [-0.15, -0.1) is 0 Å². The van der Waals surface area contributed by atoms with Gasteiger partial charge in [-0.1, -0.05) is 13.9 Å². The molecule has 0 radical (unpaired) electrons. The van der Waals surface area contributed by atoms with Gasteiger partial charge in [-0.05, 0) is 0 Å². The monoisotopic (exact) mass is 186 g/mol. The van der Waals surface area contributed by atoms with Crippen molar-refractivity contribution in [2.24, 2.45) is 0 Å². The molecule has 68 valence electrons. The normalized spacial score (nSPS) is 12.0. The third kappa shape index (κ3) is 4.57. The second-order valence-corrected chi connectivity index (χ2v) is 2.84. The second-order valence-electron chi connectivity index (χ2n) is 1.35. The van der Waals surface area contributed by atoms with Crippen molar-refractivity contribution in [1.82, 2.24) is 16.4 Å². The lowest BCUT2D eigenvalue weighted by molar-refractivity contribution is 0.00579. The summed E-state index contributed by atoms with van der Waals surface area (Å²) in [5.41, 5.74) is 6.74. The number of hydrogen-bond acceptors (Lipinski definition) is 7. The molecule has 0 aromatic rings. The number of rotatable bonds is 6. The minimum Gasteiger partial charge on any atom is -0.164 e. The van der Waals surface area contributed by atoms with Crippen LogP contribution in [-0.4, -0.2) is 26.0 Å². The second kappa shape index (κ2) is 5.76. The van der Waals surface area contributed by atoms with Gasteiger partial charge < -0.3 is 0 Å². The lowest BCUT2D eigenvalue weighted by Gasteiger charge is -2.10. The zero-order valence-electron chi connectivity index (χ0n) is 6.62. The smallest absolute Gasteiger partial charge is 0.164 e. The van der Waals surface area contributed by atoms with E-state index in [0.29, 0.717) is 0 Å². The Hall–Kier alpha value is 0.150. The molecule has 0 saturated heterocycles. The van der Waals surface area contributed by atoms with Crippen LogP contribution >= 0.6 is 8.17 Å². The molecular weight excluding hydrogens is 173 g/mol. The molecule has 0 spiro atoms. The Balaban J connectivity index is 3.79. The van der Waals surface area contributed by atoms with Crippen LogP contribution in [0.25, 0.3) is 0 Å². The van der Waals surface area contributed by atoms with Gasteiger partial charge in [-0.25, -0.2) is 0 Å². The Morgan fingerprint density at radius 2 is 1.18 bits per heavy atom. The summed E-state index contributed by atoms with van der Waals surface area (Å²) in [5.74, 6) is 0. The van der Waals surface area contributed by atoms with Crippen molar-refractivity contribution in [3.8, 4) is 0 Å². The van der Waals surface area contributed by atoms with Crippen LogP contribution in [0.1, 0.15) is 0 Å². The Bertz CT molecular complexity index is 87.6. The standard InChI is InChI=1S/C3H13N3O4P/c1-4-8-11(7,9-5-2)10-6-3/h4-7H,1-3H3/q+1. The van der Waals surface area contributed by atoms with Crippen LogP contribution in [-0.2, 0) is 13.9 Å². The van der Waals surface area contributed by atoms with E-state index in [4.69, 9.17) is 0 Å². The lowest BCUT2D eigenvalue weighted by atomic mass is 11.6.